The Labute approximate surface area is 130 Å². The van der Waals surface area contributed by atoms with E-state index in [-0.39, 0.29) is 23.7 Å². The van der Waals surface area contributed by atoms with Crippen LogP contribution in [0.25, 0.3) is 0 Å². The highest BCUT2D eigenvalue weighted by Crippen LogP contribution is 2.21. The van der Waals surface area contributed by atoms with Crippen LogP contribution in [0.5, 0.6) is 0 Å². The first-order valence-electron chi connectivity index (χ1n) is 6.25. The number of hydrogen-bond acceptors (Lipinski definition) is 5. The highest BCUT2D eigenvalue weighted by atomic mass is 79.9. The van der Waals surface area contributed by atoms with E-state index in [1.165, 1.54) is 4.68 Å². The lowest BCUT2D eigenvalue weighted by molar-refractivity contribution is 0.0518. The average Bonchev–Trinajstić information content (AvgIpc) is 2.78. The van der Waals surface area contributed by atoms with Gasteiger partial charge in [-0.3, -0.25) is 0 Å². The van der Waals surface area contributed by atoms with Crippen LogP contribution in [0.4, 0.5) is 5.82 Å². The van der Waals surface area contributed by atoms with Crippen molar-refractivity contribution in [2.45, 2.75) is 13.5 Å². The second-order valence-electron chi connectivity index (χ2n) is 4.19. The van der Waals surface area contributed by atoms with Gasteiger partial charge in [0.05, 0.1) is 13.2 Å². The minimum atomic E-state index is -0.647. The quantitative estimate of drug-likeness (QED) is 0.855. The minimum Gasteiger partial charge on any atom is -0.461 e. The molecule has 21 heavy (non-hydrogen) atoms. The van der Waals surface area contributed by atoms with Crippen LogP contribution in [0.15, 0.2) is 28.7 Å². The number of anilines is 1. The highest BCUT2D eigenvalue weighted by Gasteiger charge is 2.22. The number of nitriles is 1. The van der Waals surface area contributed by atoms with Crippen LogP contribution in [-0.2, 0) is 11.3 Å². The first kappa shape index (κ1) is 15.1. The molecule has 0 aliphatic heterocycles. The zero-order valence-electron chi connectivity index (χ0n) is 11.3. The maximum Gasteiger partial charge on any atom is 0.360 e. The van der Waals surface area contributed by atoms with E-state index < -0.39 is 5.97 Å². The smallest absolute Gasteiger partial charge is 0.360 e. The number of benzene rings is 1. The Bertz CT molecular complexity index is 718. The fourth-order valence-electron chi connectivity index (χ4n) is 1.84. The van der Waals surface area contributed by atoms with Crippen molar-refractivity contribution in [3.63, 3.8) is 0 Å². The van der Waals surface area contributed by atoms with E-state index in [2.05, 4.69) is 21.0 Å². The maximum absolute atomic E-state index is 11.8. The van der Waals surface area contributed by atoms with Gasteiger partial charge in [-0.15, -0.1) is 0 Å². The van der Waals surface area contributed by atoms with Crippen LogP contribution in [-0.4, -0.2) is 22.4 Å². The maximum atomic E-state index is 11.8. The van der Waals surface area contributed by atoms with E-state index >= 15 is 0 Å². The van der Waals surface area contributed by atoms with Crippen molar-refractivity contribution >= 4 is 27.7 Å². The van der Waals surface area contributed by atoms with Crippen molar-refractivity contribution < 1.29 is 9.53 Å². The van der Waals surface area contributed by atoms with Gasteiger partial charge >= 0.3 is 5.97 Å². The third-order valence-corrected chi connectivity index (χ3v) is 3.62. The molecule has 0 saturated carbocycles. The van der Waals surface area contributed by atoms with Gasteiger partial charge in [0, 0.05) is 4.47 Å². The molecule has 1 heterocycles. The number of rotatable bonds is 4. The second kappa shape index (κ2) is 6.41. The van der Waals surface area contributed by atoms with Crippen molar-refractivity contribution in [3.8, 4) is 6.07 Å². The fraction of sp³-hybridized carbons (Fsp3) is 0.214. The molecule has 0 saturated heterocycles. The summed E-state index contributed by atoms with van der Waals surface area (Å²) in [6, 6.07) is 9.48. The van der Waals surface area contributed by atoms with Crippen molar-refractivity contribution in [2.24, 2.45) is 0 Å². The molecule has 0 bridgehead atoms. The van der Waals surface area contributed by atoms with Gasteiger partial charge in [0.1, 0.15) is 17.5 Å². The van der Waals surface area contributed by atoms with Crippen LogP contribution < -0.4 is 5.73 Å². The number of ether oxygens (including phenoxy) is 1. The topological polar surface area (TPSA) is 93.9 Å². The van der Waals surface area contributed by atoms with Crippen molar-refractivity contribution in [2.75, 3.05) is 12.3 Å². The zero-order chi connectivity index (χ0) is 15.4. The lowest BCUT2D eigenvalue weighted by Gasteiger charge is -2.06. The molecule has 0 amide bonds. The summed E-state index contributed by atoms with van der Waals surface area (Å²) in [6.07, 6.45) is 0. The summed E-state index contributed by atoms with van der Waals surface area (Å²) in [7, 11) is 0. The summed E-state index contributed by atoms with van der Waals surface area (Å²) in [5.74, 6) is -0.497. The van der Waals surface area contributed by atoms with Crippen molar-refractivity contribution in [1.82, 2.24) is 9.78 Å². The molecule has 0 atom stereocenters. The number of nitrogen functional groups attached to an aromatic ring is 1. The molecule has 2 N–H and O–H groups in total. The third-order valence-electron chi connectivity index (χ3n) is 2.85. The molecular formula is C14H13BrN4O2. The summed E-state index contributed by atoms with van der Waals surface area (Å²) in [5, 5.41) is 13.3. The lowest BCUT2D eigenvalue weighted by Crippen LogP contribution is -2.09. The van der Waals surface area contributed by atoms with E-state index in [1.807, 2.05) is 30.3 Å². The number of halogens is 1. The molecule has 108 valence electrons. The second-order valence-corrected chi connectivity index (χ2v) is 5.04. The summed E-state index contributed by atoms with van der Waals surface area (Å²) in [6.45, 7) is 2.24. The zero-order valence-corrected chi connectivity index (χ0v) is 12.9. The molecule has 6 nitrogen and oxygen atoms in total. The summed E-state index contributed by atoms with van der Waals surface area (Å²) in [5.41, 5.74) is 6.83. The SMILES string of the molecule is CCOC(=O)c1nn(Cc2ccccc2Br)c(N)c1C#N. The number of carbonyl (C=O) groups is 1. The third kappa shape index (κ3) is 3.06. The molecule has 1 aromatic heterocycles. The van der Waals surface area contributed by atoms with Crippen LogP contribution >= 0.6 is 15.9 Å². The standard InChI is InChI=1S/C14H13BrN4O2/c1-2-21-14(20)12-10(7-16)13(17)19(18-12)8-9-5-3-4-6-11(9)15/h3-6H,2,8,17H2,1H3. The molecule has 2 aromatic rings. The summed E-state index contributed by atoms with van der Waals surface area (Å²) in [4.78, 5) is 11.8. The Morgan fingerprint density at radius 1 is 1.52 bits per heavy atom. The largest absolute Gasteiger partial charge is 0.461 e. The van der Waals surface area contributed by atoms with Crippen LogP contribution in [0.3, 0.4) is 0 Å². The van der Waals surface area contributed by atoms with Gasteiger partial charge in [-0.25, -0.2) is 9.48 Å². The monoisotopic (exact) mass is 348 g/mol. The van der Waals surface area contributed by atoms with Gasteiger partial charge in [-0.2, -0.15) is 10.4 Å². The Balaban J connectivity index is 2.40. The minimum absolute atomic E-state index is 0.0421. The summed E-state index contributed by atoms with van der Waals surface area (Å²) < 4.78 is 7.20. The van der Waals surface area contributed by atoms with E-state index in [0.29, 0.717) is 6.54 Å². The normalized spacial score (nSPS) is 10.1. The Hall–Kier alpha value is -2.33. The van der Waals surface area contributed by atoms with E-state index in [4.69, 9.17) is 15.7 Å². The van der Waals surface area contributed by atoms with E-state index in [1.54, 1.807) is 6.92 Å². The molecule has 0 aliphatic rings. The van der Waals surface area contributed by atoms with Crippen LogP contribution in [0.1, 0.15) is 28.5 Å². The first-order valence-corrected chi connectivity index (χ1v) is 7.04. The predicted octanol–water partition coefficient (Wildman–Crippen LogP) is 2.32. The summed E-state index contributed by atoms with van der Waals surface area (Å²) >= 11 is 3.44. The first-order chi connectivity index (χ1) is 10.1. The average molecular weight is 349 g/mol. The fourth-order valence-corrected chi connectivity index (χ4v) is 2.25. The molecule has 7 heteroatoms. The number of carbonyl (C=O) groups excluding carboxylic acids is 1. The van der Waals surface area contributed by atoms with Gasteiger partial charge in [-0.05, 0) is 18.6 Å². The molecule has 2 rings (SSSR count). The van der Waals surface area contributed by atoms with Gasteiger partial charge in [0.2, 0.25) is 0 Å². The van der Waals surface area contributed by atoms with Crippen molar-refractivity contribution in [1.29, 1.82) is 5.26 Å². The van der Waals surface area contributed by atoms with Gasteiger partial charge in [0.15, 0.2) is 5.69 Å². The van der Waals surface area contributed by atoms with Gasteiger partial charge < -0.3 is 10.5 Å². The van der Waals surface area contributed by atoms with E-state index in [0.717, 1.165) is 10.0 Å². The predicted molar refractivity (Wildman–Crippen MR) is 80.6 cm³/mol. The molecule has 0 spiro atoms. The number of aromatic nitrogens is 2. The number of esters is 1. The van der Waals surface area contributed by atoms with Crippen LogP contribution in [0, 0.1) is 11.3 Å². The van der Waals surface area contributed by atoms with Gasteiger partial charge in [-0.1, -0.05) is 34.1 Å². The Morgan fingerprint density at radius 3 is 2.86 bits per heavy atom. The highest BCUT2D eigenvalue weighted by molar-refractivity contribution is 9.10. The molecular weight excluding hydrogens is 336 g/mol. The molecule has 1 aromatic carbocycles. The van der Waals surface area contributed by atoms with Gasteiger partial charge in [0.25, 0.3) is 0 Å². The Morgan fingerprint density at radius 2 is 2.24 bits per heavy atom. The van der Waals surface area contributed by atoms with Crippen LogP contribution in [0.2, 0.25) is 0 Å². The lowest BCUT2D eigenvalue weighted by atomic mass is 10.2. The number of hydrogen-bond donors (Lipinski definition) is 1. The molecule has 0 aliphatic carbocycles. The molecule has 0 fully saturated rings. The number of nitrogens with two attached hydrogens (primary N) is 1. The molecule has 0 unspecified atom stereocenters. The van der Waals surface area contributed by atoms with E-state index in [9.17, 15) is 4.79 Å². The Kier molecular flexibility index (Phi) is 4.60. The number of nitrogens with zero attached hydrogens (tertiary/aromatic N) is 3. The molecule has 0 radical (unpaired) electrons. The van der Waals surface area contributed by atoms with Crippen molar-refractivity contribution in [3.05, 3.63) is 45.6 Å².